The van der Waals surface area contributed by atoms with E-state index in [1.54, 1.807) is 32.1 Å². The molecule has 0 amide bonds. The maximum absolute atomic E-state index is 14.3. The van der Waals surface area contributed by atoms with Gasteiger partial charge in [-0.3, -0.25) is 0 Å². The van der Waals surface area contributed by atoms with Crippen LogP contribution >= 0.6 is 11.6 Å². The van der Waals surface area contributed by atoms with Crippen molar-refractivity contribution in [1.82, 2.24) is 0 Å². The van der Waals surface area contributed by atoms with Gasteiger partial charge in [-0.2, -0.15) is 0 Å². The smallest absolute Gasteiger partial charge is 0.146 e. The summed E-state index contributed by atoms with van der Waals surface area (Å²) in [5.41, 5.74) is 1.62. The molecule has 0 fully saturated rings. The molecule has 0 saturated heterocycles. The Morgan fingerprint density at radius 2 is 1.96 bits per heavy atom. The molecular weight excluding hydrogens is 348 g/mol. The predicted octanol–water partition coefficient (Wildman–Crippen LogP) is 4.33. The second-order valence-corrected chi connectivity index (χ2v) is 6.25. The Bertz CT molecular complexity index is 760. The van der Waals surface area contributed by atoms with Gasteiger partial charge in [0.05, 0.1) is 29.5 Å². The van der Waals surface area contributed by atoms with Crippen LogP contribution in [-0.2, 0) is 0 Å². The zero-order valence-electron chi connectivity index (χ0n) is 13.9. The molecule has 0 spiro atoms. The average Bonchev–Trinajstić information content (AvgIpc) is 2.56. The van der Waals surface area contributed by atoms with Crippen molar-refractivity contribution in [1.29, 1.82) is 0 Å². The van der Waals surface area contributed by atoms with E-state index >= 15 is 0 Å². The summed E-state index contributed by atoms with van der Waals surface area (Å²) < 4.78 is 28.2. The molecule has 2 rings (SSSR count). The molecule has 134 valence electrons. The molecule has 3 nitrogen and oxygen atoms in total. The molecule has 0 aliphatic carbocycles. The van der Waals surface area contributed by atoms with Crippen molar-refractivity contribution >= 4 is 28.9 Å². The number of aliphatic hydroxyl groups excluding tert-OH is 2. The molecule has 0 saturated carbocycles. The Morgan fingerprint density at radius 1 is 1.24 bits per heavy atom. The minimum atomic E-state index is -0.996. The number of halogens is 3. The fraction of sp³-hybridized carbons (Fsp3) is 0.263. The Kier molecular flexibility index (Phi) is 6.53. The molecule has 0 heterocycles. The lowest BCUT2D eigenvalue weighted by Gasteiger charge is -2.20. The second-order valence-electron chi connectivity index (χ2n) is 5.85. The van der Waals surface area contributed by atoms with Gasteiger partial charge in [-0.1, -0.05) is 29.8 Å². The highest BCUT2D eigenvalue weighted by Crippen LogP contribution is 2.28. The first-order valence-electron chi connectivity index (χ1n) is 7.81. The molecule has 0 aromatic heterocycles. The van der Waals surface area contributed by atoms with Gasteiger partial charge in [0.1, 0.15) is 11.6 Å². The Hall–Kier alpha value is -1.95. The summed E-state index contributed by atoms with van der Waals surface area (Å²) in [5, 5.41) is 21.5. The number of aliphatic hydroxyl groups is 2. The quantitative estimate of drug-likeness (QED) is 0.666. The molecule has 25 heavy (non-hydrogen) atoms. The molecule has 0 bridgehead atoms. The minimum Gasteiger partial charge on any atom is -0.394 e. The normalized spacial score (nSPS) is 14.3. The molecule has 2 aromatic carbocycles. The lowest BCUT2D eigenvalue weighted by atomic mass is 10.0. The summed E-state index contributed by atoms with van der Waals surface area (Å²) in [5.74, 6) is -0.954. The Labute approximate surface area is 150 Å². The van der Waals surface area contributed by atoms with Crippen molar-refractivity contribution in [3.05, 3.63) is 64.2 Å². The van der Waals surface area contributed by atoms with Crippen molar-refractivity contribution in [3.8, 4) is 0 Å². The lowest BCUT2D eigenvalue weighted by molar-refractivity contribution is 0.0838. The molecule has 3 N–H and O–H groups in total. The first kappa shape index (κ1) is 19.4. The van der Waals surface area contributed by atoms with Crippen LogP contribution in [0.5, 0.6) is 0 Å². The summed E-state index contributed by atoms with van der Waals surface area (Å²) >= 11 is 6.04. The fourth-order valence-corrected chi connectivity index (χ4v) is 2.75. The van der Waals surface area contributed by atoms with Crippen molar-refractivity contribution < 1.29 is 19.0 Å². The van der Waals surface area contributed by atoms with Gasteiger partial charge in [0.2, 0.25) is 0 Å². The van der Waals surface area contributed by atoms with Crippen molar-refractivity contribution in [2.45, 2.75) is 26.0 Å². The largest absolute Gasteiger partial charge is 0.394 e. The van der Waals surface area contributed by atoms with Gasteiger partial charge in [-0.15, -0.1) is 0 Å². The first-order chi connectivity index (χ1) is 11.8. The van der Waals surface area contributed by atoms with Crippen LogP contribution in [0.15, 0.2) is 36.4 Å². The number of hydrogen-bond acceptors (Lipinski definition) is 3. The van der Waals surface area contributed by atoms with Crippen LogP contribution in [0, 0.1) is 11.6 Å². The van der Waals surface area contributed by atoms with E-state index in [-0.39, 0.29) is 11.3 Å². The van der Waals surface area contributed by atoms with Gasteiger partial charge in [0, 0.05) is 5.56 Å². The van der Waals surface area contributed by atoms with E-state index in [0.717, 1.165) is 0 Å². The number of nitrogens with one attached hydrogen (secondary N) is 1. The Balaban J connectivity index is 2.25. The van der Waals surface area contributed by atoms with Crippen LogP contribution in [0.1, 0.15) is 25.0 Å². The van der Waals surface area contributed by atoms with E-state index in [2.05, 4.69) is 5.32 Å². The zero-order chi connectivity index (χ0) is 18.6. The molecule has 6 heteroatoms. The number of anilines is 1. The van der Waals surface area contributed by atoms with Gasteiger partial charge >= 0.3 is 0 Å². The maximum atomic E-state index is 14.3. The number of benzene rings is 2. The molecular formula is C19H20ClF2NO2. The van der Waals surface area contributed by atoms with Gasteiger partial charge < -0.3 is 15.5 Å². The molecule has 0 aliphatic rings. The highest BCUT2D eigenvalue weighted by Gasteiger charge is 2.15. The molecule has 2 atom stereocenters. The summed E-state index contributed by atoms with van der Waals surface area (Å²) in [6, 6.07) is 8.42. The van der Waals surface area contributed by atoms with E-state index in [1.165, 1.54) is 24.3 Å². The number of hydrogen-bond donors (Lipinski definition) is 3. The number of rotatable bonds is 6. The van der Waals surface area contributed by atoms with Crippen molar-refractivity contribution in [2.75, 3.05) is 11.9 Å². The lowest BCUT2D eigenvalue weighted by Crippen LogP contribution is -2.33. The van der Waals surface area contributed by atoms with Gasteiger partial charge in [0.25, 0.3) is 0 Å². The molecule has 0 unspecified atom stereocenters. The van der Waals surface area contributed by atoms with Crippen molar-refractivity contribution in [2.24, 2.45) is 0 Å². The van der Waals surface area contributed by atoms with E-state index in [0.29, 0.717) is 16.2 Å². The van der Waals surface area contributed by atoms with Gasteiger partial charge in [-0.05, 0) is 49.2 Å². The molecule has 0 aliphatic heterocycles. The average molecular weight is 368 g/mol. The number of allylic oxidation sites excluding steroid dienone is 1. The highest BCUT2D eigenvalue weighted by molar-refractivity contribution is 6.32. The minimum absolute atomic E-state index is 0.207. The summed E-state index contributed by atoms with van der Waals surface area (Å²) in [6.07, 6.45) is 0.646. The van der Waals surface area contributed by atoms with E-state index in [9.17, 15) is 13.9 Å². The van der Waals surface area contributed by atoms with Crippen LogP contribution in [0.25, 0.3) is 11.6 Å². The Morgan fingerprint density at radius 3 is 2.56 bits per heavy atom. The summed E-state index contributed by atoms with van der Waals surface area (Å²) in [4.78, 5) is 0. The van der Waals surface area contributed by atoms with E-state index in [4.69, 9.17) is 16.7 Å². The second kappa shape index (κ2) is 8.43. The highest BCUT2D eigenvalue weighted by atomic mass is 35.5. The third kappa shape index (κ3) is 4.78. The van der Waals surface area contributed by atoms with Crippen LogP contribution in [0.3, 0.4) is 0 Å². The zero-order valence-corrected chi connectivity index (χ0v) is 14.7. The summed E-state index contributed by atoms with van der Waals surface area (Å²) in [7, 11) is 0. The van der Waals surface area contributed by atoms with Crippen LogP contribution < -0.4 is 5.32 Å². The van der Waals surface area contributed by atoms with Crippen molar-refractivity contribution in [3.63, 3.8) is 0 Å². The third-order valence-electron chi connectivity index (χ3n) is 3.88. The third-order valence-corrected chi connectivity index (χ3v) is 4.20. The topological polar surface area (TPSA) is 52.5 Å². The van der Waals surface area contributed by atoms with E-state index in [1.807, 2.05) is 0 Å². The maximum Gasteiger partial charge on any atom is 0.146 e. The first-order valence-corrected chi connectivity index (χ1v) is 8.19. The van der Waals surface area contributed by atoms with Crippen LogP contribution in [0.2, 0.25) is 5.02 Å². The van der Waals surface area contributed by atoms with E-state index < -0.39 is 30.4 Å². The van der Waals surface area contributed by atoms with Crippen LogP contribution in [0.4, 0.5) is 14.5 Å². The molecule has 0 radical (unpaired) electrons. The summed E-state index contributed by atoms with van der Waals surface area (Å²) in [6.45, 7) is 2.92. The standard InChI is InChI=1S/C19H20ClF2NO2/c1-11(19-14(20)4-3-5-15(19)21)8-13-6-7-17(16(22)9-13)23-12(2)18(25)10-24/h3-9,12,18,23-25H,10H2,1-2H3/b11-8+/t12-,18+/m1/s1. The fourth-order valence-electron chi connectivity index (χ4n) is 2.43. The monoisotopic (exact) mass is 367 g/mol. The van der Waals surface area contributed by atoms with Gasteiger partial charge in [0.15, 0.2) is 0 Å². The molecule has 2 aromatic rings. The van der Waals surface area contributed by atoms with Gasteiger partial charge in [-0.25, -0.2) is 8.78 Å². The SMILES string of the molecule is C/C(=C\c1ccc(N[C@H](C)[C@@H](O)CO)c(F)c1)c1c(F)cccc1Cl. The predicted molar refractivity (Wildman–Crippen MR) is 97.5 cm³/mol. The van der Waals surface area contributed by atoms with Crippen LogP contribution in [-0.4, -0.2) is 29.0 Å².